The van der Waals surface area contributed by atoms with Gasteiger partial charge in [0.1, 0.15) is 11.9 Å². The fourth-order valence-corrected chi connectivity index (χ4v) is 3.12. The molecule has 0 radical (unpaired) electrons. The SMILES string of the molecule is Cc1cc(Sc2n[nH]c(-c3ccccc3F)n2)c(C#N)c(C)n1. The Bertz CT molecular complexity index is 913. The Hall–Kier alpha value is -2.72. The third kappa shape index (κ3) is 3.07. The minimum atomic E-state index is -0.367. The first-order valence-electron chi connectivity index (χ1n) is 6.82. The maximum absolute atomic E-state index is 13.8. The van der Waals surface area contributed by atoms with E-state index in [-0.39, 0.29) is 5.82 Å². The van der Waals surface area contributed by atoms with Crippen LogP contribution in [0.15, 0.2) is 40.4 Å². The molecule has 7 heteroatoms. The van der Waals surface area contributed by atoms with Crippen molar-refractivity contribution in [2.45, 2.75) is 23.9 Å². The number of nitrogens with one attached hydrogen (secondary N) is 1. The molecule has 0 aliphatic carbocycles. The van der Waals surface area contributed by atoms with E-state index in [2.05, 4.69) is 26.2 Å². The van der Waals surface area contributed by atoms with Crippen LogP contribution in [-0.4, -0.2) is 20.2 Å². The summed E-state index contributed by atoms with van der Waals surface area (Å²) >= 11 is 1.25. The predicted octanol–water partition coefficient (Wildman–Crippen LogP) is 3.65. The van der Waals surface area contributed by atoms with Gasteiger partial charge in [0.25, 0.3) is 0 Å². The van der Waals surface area contributed by atoms with E-state index in [1.807, 2.05) is 13.0 Å². The van der Waals surface area contributed by atoms with Crippen molar-refractivity contribution in [3.8, 4) is 17.5 Å². The highest BCUT2D eigenvalue weighted by atomic mass is 32.2. The molecule has 5 nitrogen and oxygen atoms in total. The molecular formula is C16H12FN5S. The summed E-state index contributed by atoms with van der Waals surface area (Å²) in [4.78, 5) is 9.31. The summed E-state index contributed by atoms with van der Waals surface area (Å²) in [6.07, 6.45) is 0. The lowest BCUT2D eigenvalue weighted by atomic mass is 10.2. The lowest BCUT2D eigenvalue weighted by Gasteiger charge is -2.05. The molecule has 0 saturated heterocycles. The number of rotatable bonds is 3. The first-order valence-corrected chi connectivity index (χ1v) is 7.63. The number of benzene rings is 1. The molecule has 0 aliphatic rings. The molecular weight excluding hydrogens is 313 g/mol. The highest BCUT2D eigenvalue weighted by Gasteiger charge is 2.14. The molecule has 0 aliphatic heterocycles. The number of aromatic amines is 1. The van der Waals surface area contributed by atoms with Gasteiger partial charge in [-0.25, -0.2) is 9.37 Å². The molecule has 0 bridgehead atoms. The summed E-state index contributed by atoms with van der Waals surface area (Å²) in [5.74, 6) is -0.0138. The molecule has 0 unspecified atom stereocenters. The van der Waals surface area contributed by atoms with Crippen molar-refractivity contribution < 1.29 is 4.39 Å². The topological polar surface area (TPSA) is 78.2 Å². The van der Waals surface area contributed by atoms with Gasteiger partial charge >= 0.3 is 0 Å². The van der Waals surface area contributed by atoms with Crippen LogP contribution in [0.25, 0.3) is 11.4 Å². The van der Waals surface area contributed by atoms with Crippen molar-refractivity contribution in [1.29, 1.82) is 5.26 Å². The van der Waals surface area contributed by atoms with E-state index < -0.39 is 0 Å². The van der Waals surface area contributed by atoms with Crippen LogP contribution in [0.5, 0.6) is 0 Å². The third-order valence-electron chi connectivity index (χ3n) is 3.20. The van der Waals surface area contributed by atoms with Crippen molar-refractivity contribution in [2.24, 2.45) is 0 Å². The molecule has 114 valence electrons. The molecule has 0 spiro atoms. The number of aromatic nitrogens is 4. The van der Waals surface area contributed by atoms with E-state index >= 15 is 0 Å². The van der Waals surface area contributed by atoms with Gasteiger partial charge in [0, 0.05) is 10.6 Å². The van der Waals surface area contributed by atoms with Crippen molar-refractivity contribution in [1.82, 2.24) is 20.2 Å². The van der Waals surface area contributed by atoms with E-state index in [1.54, 1.807) is 25.1 Å². The minimum Gasteiger partial charge on any atom is -0.258 e. The number of nitriles is 1. The summed E-state index contributed by atoms with van der Waals surface area (Å²) in [6, 6.07) is 10.3. The van der Waals surface area contributed by atoms with E-state index in [1.165, 1.54) is 17.8 Å². The average Bonchev–Trinajstić information content (AvgIpc) is 2.95. The highest BCUT2D eigenvalue weighted by molar-refractivity contribution is 7.99. The van der Waals surface area contributed by atoms with Crippen molar-refractivity contribution in [2.75, 3.05) is 0 Å². The maximum atomic E-state index is 13.8. The van der Waals surface area contributed by atoms with Gasteiger partial charge in [-0.3, -0.25) is 10.1 Å². The number of halogens is 1. The Morgan fingerprint density at radius 2 is 2.00 bits per heavy atom. The Kier molecular flexibility index (Phi) is 4.08. The summed E-state index contributed by atoms with van der Waals surface area (Å²) in [7, 11) is 0. The lowest BCUT2D eigenvalue weighted by Crippen LogP contribution is -1.94. The maximum Gasteiger partial charge on any atom is 0.213 e. The van der Waals surface area contributed by atoms with Gasteiger partial charge in [-0.1, -0.05) is 12.1 Å². The van der Waals surface area contributed by atoms with E-state index in [0.29, 0.717) is 27.8 Å². The lowest BCUT2D eigenvalue weighted by molar-refractivity contribution is 0.630. The molecule has 0 amide bonds. The van der Waals surface area contributed by atoms with Gasteiger partial charge in [-0.15, -0.1) is 5.10 Å². The summed E-state index contributed by atoms with van der Waals surface area (Å²) in [5.41, 5.74) is 2.33. The Labute approximate surface area is 136 Å². The smallest absolute Gasteiger partial charge is 0.213 e. The zero-order chi connectivity index (χ0) is 16.4. The molecule has 3 rings (SSSR count). The number of hydrogen-bond donors (Lipinski definition) is 1. The standard InChI is InChI=1S/C16H12FN5S/c1-9-7-14(12(8-18)10(2)19-9)23-16-20-15(21-22-16)11-5-3-4-6-13(11)17/h3-7H,1-2H3,(H,20,21,22). The Morgan fingerprint density at radius 1 is 1.22 bits per heavy atom. The van der Waals surface area contributed by atoms with Crippen molar-refractivity contribution in [3.05, 3.63) is 53.1 Å². The third-order valence-corrected chi connectivity index (χ3v) is 4.11. The number of aryl methyl sites for hydroxylation is 2. The summed E-state index contributed by atoms with van der Waals surface area (Å²) < 4.78 is 13.8. The van der Waals surface area contributed by atoms with Crippen LogP contribution in [0.3, 0.4) is 0 Å². The molecule has 0 fully saturated rings. The van der Waals surface area contributed by atoms with Crippen LogP contribution in [0, 0.1) is 31.0 Å². The zero-order valence-corrected chi connectivity index (χ0v) is 13.3. The van der Waals surface area contributed by atoms with Gasteiger partial charge in [-0.2, -0.15) is 5.26 Å². The molecule has 1 aromatic carbocycles. The number of pyridine rings is 1. The second kappa shape index (κ2) is 6.18. The van der Waals surface area contributed by atoms with Crippen LogP contribution < -0.4 is 0 Å². The van der Waals surface area contributed by atoms with Crippen molar-refractivity contribution >= 4 is 11.8 Å². The Morgan fingerprint density at radius 3 is 2.74 bits per heavy atom. The molecule has 2 aromatic heterocycles. The van der Waals surface area contributed by atoms with Gasteiger partial charge in [0.2, 0.25) is 5.16 Å². The number of hydrogen-bond acceptors (Lipinski definition) is 5. The van der Waals surface area contributed by atoms with Gasteiger partial charge in [0.15, 0.2) is 5.82 Å². The number of nitrogens with zero attached hydrogens (tertiary/aromatic N) is 4. The molecule has 1 N–H and O–H groups in total. The fourth-order valence-electron chi connectivity index (χ4n) is 2.17. The van der Waals surface area contributed by atoms with E-state index in [0.717, 1.165) is 10.6 Å². The predicted molar refractivity (Wildman–Crippen MR) is 84.3 cm³/mol. The first kappa shape index (κ1) is 15.2. The molecule has 0 saturated carbocycles. The molecule has 23 heavy (non-hydrogen) atoms. The monoisotopic (exact) mass is 325 g/mol. The second-order valence-corrected chi connectivity index (χ2v) is 5.89. The van der Waals surface area contributed by atoms with Crippen LogP contribution >= 0.6 is 11.8 Å². The largest absolute Gasteiger partial charge is 0.258 e. The second-order valence-electron chi connectivity index (χ2n) is 4.88. The highest BCUT2D eigenvalue weighted by Crippen LogP contribution is 2.30. The fraction of sp³-hybridized carbons (Fsp3) is 0.125. The van der Waals surface area contributed by atoms with Crippen LogP contribution in [0.2, 0.25) is 0 Å². The van der Waals surface area contributed by atoms with Gasteiger partial charge in [0.05, 0.1) is 16.8 Å². The molecule has 2 heterocycles. The van der Waals surface area contributed by atoms with Crippen LogP contribution in [-0.2, 0) is 0 Å². The van der Waals surface area contributed by atoms with Gasteiger partial charge in [-0.05, 0) is 43.8 Å². The molecule has 3 aromatic rings. The summed E-state index contributed by atoms with van der Waals surface area (Å²) in [5, 5.41) is 16.5. The van der Waals surface area contributed by atoms with Gasteiger partial charge < -0.3 is 0 Å². The van der Waals surface area contributed by atoms with E-state index in [4.69, 9.17) is 0 Å². The zero-order valence-electron chi connectivity index (χ0n) is 12.5. The van der Waals surface area contributed by atoms with E-state index in [9.17, 15) is 9.65 Å². The molecule has 0 atom stereocenters. The normalized spacial score (nSPS) is 10.5. The first-order chi connectivity index (χ1) is 11.1. The summed E-state index contributed by atoms with van der Waals surface area (Å²) in [6.45, 7) is 3.65. The quantitative estimate of drug-likeness (QED) is 0.795. The van der Waals surface area contributed by atoms with Crippen molar-refractivity contribution in [3.63, 3.8) is 0 Å². The minimum absolute atomic E-state index is 0.353. The van der Waals surface area contributed by atoms with Crippen LogP contribution in [0.4, 0.5) is 4.39 Å². The Balaban J connectivity index is 1.95. The van der Waals surface area contributed by atoms with Crippen LogP contribution in [0.1, 0.15) is 17.0 Å². The average molecular weight is 325 g/mol. The number of H-pyrrole nitrogens is 1.